The highest BCUT2D eigenvalue weighted by molar-refractivity contribution is 8.13. The molecule has 0 radical (unpaired) electrons. The molecule has 0 amide bonds. The quantitative estimate of drug-likeness (QED) is 0.245. The molecule has 23 heteroatoms. The number of halogens is 9. The highest BCUT2D eigenvalue weighted by atomic mass is 32.3. The van der Waals surface area contributed by atoms with Gasteiger partial charge in [-0.25, -0.2) is 21.8 Å². The third-order valence-electron chi connectivity index (χ3n) is 3.70. The number of aromatic amines is 1. The van der Waals surface area contributed by atoms with E-state index >= 15 is 0 Å². The molecule has 0 saturated carbocycles. The Morgan fingerprint density at radius 2 is 1.31 bits per heavy atom. The fourth-order valence-corrected chi connectivity index (χ4v) is 4.88. The third kappa shape index (κ3) is 5.09. The Bertz CT molecular complexity index is 1410. The predicted molar refractivity (Wildman–Crippen MR) is 96.8 cm³/mol. The second-order valence-corrected chi connectivity index (χ2v) is 11.2. The van der Waals surface area contributed by atoms with Crippen molar-refractivity contribution in [2.75, 3.05) is 0 Å². The maximum Gasteiger partial charge on any atom is 0.480 e. The SMILES string of the molecule is O=S(=O)([N-]S(=O)(=O)C(F)(F)C(F)(F)C(F)(F)S(=O)(=O)OOc1ccc(-c2ncc[nH]2)cc1)C(F)(F)F. The molecule has 1 aromatic carbocycles. The lowest BCUT2D eigenvalue weighted by Gasteiger charge is -2.34. The van der Waals surface area contributed by atoms with Gasteiger partial charge in [0.05, 0.1) is 0 Å². The minimum absolute atomic E-state index is 0.239. The molecule has 0 aliphatic rings. The van der Waals surface area contributed by atoms with Crippen molar-refractivity contribution in [3.8, 4) is 17.1 Å². The van der Waals surface area contributed by atoms with Crippen molar-refractivity contribution in [2.45, 2.75) is 21.9 Å². The smallest absolute Gasteiger partial charge is 0.423 e. The molecule has 1 N–H and O–H groups in total. The fraction of sp³-hybridized carbons (Fsp3) is 0.308. The van der Waals surface area contributed by atoms with Crippen LogP contribution in [-0.4, -0.2) is 57.2 Å². The molecule has 0 atom stereocenters. The number of rotatable bonds is 10. The lowest BCUT2D eigenvalue weighted by molar-refractivity contribution is -0.251. The first-order valence-electron chi connectivity index (χ1n) is 8.14. The first-order valence-corrected chi connectivity index (χ1v) is 12.4. The van der Waals surface area contributed by atoms with Crippen LogP contribution in [0.3, 0.4) is 0 Å². The summed E-state index contributed by atoms with van der Waals surface area (Å²) in [5, 5.41) is -14.8. The van der Waals surface area contributed by atoms with Crippen molar-refractivity contribution in [3.63, 3.8) is 0 Å². The van der Waals surface area contributed by atoms with Crippen LogP contribution in [0.1, 0.15) is 0 Å². The molecule has 0 saturated heterocycles. The zero-order chi connectivity index (χ0) is 28.0. The molecule has 0 aliphatic carbocycles. The molecule has 204 valence electrons. The van der Waals surface area contributed by atoms with Gasteiger partial charge in [0.2, 0.25) is 0 Å². The first kappa shape index (κ1) is 29.6. The van der Waals surface area contributed by atoms with E-state index < -0.39 is 57.9 Å². The Hall–Kier alpha value is -2.63. The van der Waals surface area contributed by atoms with Crippen molar-refractivity contribution >= 4 is 30.2 Å². The summed E-state index contributed by atoms with van der Waals surface area (Å²) in [5.74, 6) is -8.23. The largest absolute Gasteiger partial charge is 0.480 e. The van der Waals surface area contributed by atoms with Gasteiger partial charge in [-0.05, 0) is 28.6 Å². The van der Waals surface area contributed by atoms with Gasteiger partial charge in [-0.3, -0.25) is 0 Å². The number of benzene rings is 1. The first-order chi connectivity index (χ1) is 16.0. The molecular formula is C13H7F9N3O8S3-. The summed E-state index contributed by atoms with van der Waals surface area (Å²) in [4.78, 5) is 10.3. The number of nitrogens with one attached hydrogen (secondary N) is 1. The van der Waals surface area contributed by atoms with E-state index in [1.54, 1.807) is 0 Å². The van der Waals surface area contributed by atoms with Crippen LogP contribution in [0, 0.1) is 0 Å². The standard InChI is InChI=1S/C13H7F9N3O8S3/c14-10(15,11(16,17)34(26,27)25-35(28,29)13(20,21)22)12(18,19)36(30,31)33-32-8-3-1-7(2-4-8)9-23-5-6-24-9/h1-6H,(H,23,24)/q-1. The van der Waals surface area contributed by atoms with E-state index in [0.29, 0.717) is 4.13 Å². The summed E-state index contributed by atoms with van der Waals surface area (Å²) in [6, 6.07) is 3.79. The number of imidazole rings is 1. The van der Waals surface area contributed by atoms with Gasteiger partial charge in [0, 0.05) is 18.0 Å². The lowest BCUT2D eigenvalue weighted by Crippen LogP contribution is -2.61. The fourth-order valence-electron chi connectivity index (χ4n) is 1.92. The summed E-state index contributed by atoms with van der Waals surface area (Å²) in [7, 11) is -22.9. The van der Waals surface area contributed by atoms with Gasteiger partial charge >= 0.3 is 32.1 Å². The van der Waals surface area contributed by atoms with Crippen molar-refractivity contribution in [1.82, 2.24) is 9.97 Å². The van der Waals surface area contributed by atoms with Crippen LogP contribution in [0.15, 0.2) is 36.7 Å². The van der Waals surface area contributed by atoms with Crippen molar-refractivity contribution in [2.24, 2.45) is 0 Å². The van der Waals surface area contributed by atoms with Gasteiger partial charge < -0.3 is 14.0 Å². The molecule has 0 spiro atoms. The normalized spacial score (nSPS) is 14.6. The Morgan fingerprint density at radius 1 is 0.778 bits per heavy atom. The van der Waals surface area contributed by atoms with Crippen LogP contribution in [0.2, 0.25) is 0 Å². The zero-order valence-corrected chi connectivity index (χ0v) is 18.7. The van der Waals surface area contributed by atoms with Gasteiger partial charge in [0.1, 0.15) is 5.82 Å². The summed E-state index contributed by atoms with van der Waals surface area (Å²) in [6.07, 6.45) is 2.71. The molecule has 1 heterocycles. The van der Waals surface area contributed by atoms with E-state index in [9.17, 15) is 64.8 Å². The Balaban J connectivity index is 2.31. The Kier molecular flexibility index (Phi) is 7.43. The second kappa shape index (κ2) is 9.04. The number of aromatic nitrogens is 2. The summed E-state index contributed by atoms with van der Waals surface area (Å²) < 4.78 is 190. The molecular weight excluding hydrogens is 593 g/mol. The molecule has 11 nitrogen and oxygen atoms in total. The van der Waals surface area contributed by atoms with Gasteiger partial charge in [0.25, 0.3) is 0 Å². The molecule has 36 heavy (non-hydrogen) atoms. The molecule has 1 aromatic heterocycles. The number of hydrogen-bond acceptors (Lipinski definition) is 9. The van der Waals surface area contributed by atoms with E-state index in [-0.39, 0.29) is 11.4 Å². The van der Waals surface area contributed by atoms with Crippen molar-refractivity contribution < 1.29 is 74.0 Å². The highest BCUT2D eigenvalue weighted by Crippen LogP contribution is 2.53. The van der Waals surface area contributed by atoms with Gasteiger partial charge in [-0.15, -0.1) is 0 Å². The number of alkyl halides is 9. The third-order valence-corrected chi connectivity index (χ3v) is 7.89. The van der Waals surface area contributed by atoms with Crippen LogP contribution in [0.4, 0.5) is 39.5 Å². The Morgan fingerprint density at radius 3 is 1.75 bits per heavy atom. The number of sulfonamides is 2. The maximum absolute atomic E-state index is 13.9. The van der Waals surface area contributed by atoms with Crippen LogP contribution >= 0.6 is 0 Å². The van der Waals surface area contributed by atoms with E-state index in [0.717, 1.165) is 24.3 Å². The summed E-state index contributed by atoms with van der Waals surface area (Å²) in [6.45, 7) is 0. The number of H-pyrrole nitrogens is 1. The van der Waals surface area contributed by atoms with Gasteiger partial charge in [-0.1, -0.05) is 0 Å². The monoisotopic (exact) mass is 600 g/mol. The van der Waals surface area contributed by atoms with E-state index in [2.05, 4.69) is 19.2 Å². The Labute approximate surface area is 194 Å². The molecule has 0 unspecified atom stereocenters. The number of nitrogens with zero attached hydrogens (tertiary/aromatic N) is 2. The average molecular weight is 600 g/mol. The van der Waals surface area contributed by atoms with Crippen molar-refractivity contribution in [3.05, 3.63) is 40.8 Å². The van der Waals surface area contributed by atoms with Gasteiger partial charge in [0.15, 0.2) is 25.8 Å². The van der Waals surface area contributed by atoms with Crippen LogP contribution in [-0.2, 0) is 34.5 Å². The van der Waals surface area contributed by atoms with E-state index in [1.807, 2.05) is 0 Å². The average Bonchev–Trinajstić information content (AvgIpc) is 3.25. The predicted octanol–water partition coefficient (Wildman–Crippen LogP) is 3.09. The molecule has 2 aromatic rings. The molecule has 2 rings (SSSR count). The maximum atomic E-state index is 13.9. The second-order valence-electron chi connectivity index (χ2n) is 6.15. The molecule has 0 bridgehead atoms. The highest BCUT2D eigenvalue weighted by Gasteiger charge is 2.81. The summed E-state index contributed by atoms with van der Waals surface area (Å²) in [5.41, 5.74) is -6.45. The molecule has 0 fully saturated rings. The van der Waals surface area contributed by atoms with E-state index in [1.165, 1.54) is 12.4 Å². The zero-order valence-electron chi connectivity index (χ0n) is 16.3. The van der Waals surface area contributed by atoms with Crippen LogP contribution in [0.25, 0.3) is 15.5 Å². The topological polar surface area (TPSA) is 164 Å². The van der Waals surface area contributed by atoms with Crippen molar-refractivity contribution in [1.29, 1.82) is 0 Å². The van der Waals surface area contributed by atoms with Gasteiger partial charge in [-0.2, -0.15) is 47.9 Å². The van der Waals surface area contributed by atoms with E-state index in [4.69, 9.17) is 0 Å². The molecule has 0 aliphatic heterocycles. The lowest BCUT2D eigenvalue weighted by atomic mass is 10.2. The minimum atomic E-state index is -8.01. The number of hydrogen-bond donors (Lipinski definition) is 1. The van der Waals surface area contributed by atoms with Crippen LogP contribution < -0.4 is 4.89 Å². The minimum Gasteiger partial charge on any atom is -0.423 e. The van der Waals surface area contributed by atoms with Crippen LogP contribution in [0.5, 0.6) is 5.75 Å². The summed E-state index contributed by atoms with van der Waals surface area (Å²) >= 11 is 0.